The van der Waals surface area contributed by atoms with Gasteiger partial charge < -0.3 is 30.3 Å². The van der Waals surface area contributed by atoms with Gasteiger partial charge >= 0.3 is 0 Å². The molecule has 0 bridgehead atoms. The molecule has 0 fully saturated rings. The van der Waals surface area contributed by atoms with Gasteiger partial charge in [0.2, 0.25) is 11.8 Å². The molecule has 4 aromatic heterocycles. The van der Waals surface area contributed by atoms with Crippen molar-refractivity contribution in [1.29, 1.82) is 0 Å². The van der Waals surface area contributed by atoms with E-state index in [2.05, 4.69) is 120 Å². The summed E-state index contributed by atoms with van der Waals surface area (Å²) in [4.78, 5) is 21.6. The third-order valence-electron chi connectivity index (χ3n) is 12.9. The van der Waals surface area contributed by atoms with Gasteiger partial charge in [-0.2, -0.15) is 0 Å². The first kappa shape index (κ1) is 56.3. The Kier molecular flexibility index (Phi) is 19.3. The van der Waals surface area contributed by atoms with Crippen LogP contribution in [0.25, 0.3) is 22.5 Å². The summed E-state index contributed by atoms with van der Waals surface area (Å²) in [5.41, 5.74) is 18.2. The maximum atomic E-state index is 7.09. The largest absolute Gasteiger partial charge is 0.439 e. The first-order valence-corrected chi connectivity index (χ1v) is 27.7. The third kappa shape index (κ3) is 15.7. The minimum Gasteiger partial charge on any atom is -0.439 e. The number of nitrogens with two attached hydrogens (primary N) is 1. The Labute approximate surface area is 498 Å². The van der Waals surface area contributed by atoms with Crippen molar-refractivity contribution >= 4 is 74.6 Å². The maximum absolute atomic E-state index is 7.09. The highest BCUT2D eigenvalue weighted by molar-refractivity contribution is 6.43. The van der Waals surface area contributed by atoms with Crippen LogP contribution in [0.15, 0.2) is 292 Å². The number of benzene rings is 8. The predicted octanol–water partition coefficient (Wildman–Crippen LogP) is 19.5. The van der Waals surface area contributed by atoms with Crippen LogP contribution in [-0.4, -0.2) is 19.9 Å². The molecule has 0 saturated heterocycles. The Bertz CT molecular complexity index is 3900. The second-order valence-electron chi connectivity index (χ2n) is 18.6. The number of ether oxygens (including phenoxy) is 2. The van der Waals surface area contributed by atoms with Crippen LogP contribution in [0, 0.1) is 0 Å². The van der Waals surface area contributed by atoms with Gasteiger partial charge in [-0.15, -0.1) is 0 Å². The van der Waals surface area contributed by atoms with E-state index in [1.54, 1.807) is 42.9 Å². The number of halogens is 3. The summed E-state index contributed by atoms with van der Waals surface area (Å²) >= 11 is 19.9. The van der Waals surface area contributed by atoms with E-state index in [0.29, 0.717) is 45.7 Å². The maximum Gasteiger partial charge on any atom is 0.219 e. The topological polar surface area (TPSA) is 115 Å². The molecule has 0 atom stereocenters. The zero-order chi connectivity index (χ0) is 57.0. The molecular weight excluding hydrogens is 1090 g/mol. The average molecular weight is 1150 g/mol. The van der Waals surface area contributed by atoms with Gasteiger partial charge in [0.05, 0.1) is 43.5 Å². The van der Waals surface area contributed by atoms with E-state index < -0.39 is 0 Å². The molecule has 10 nitrogen and oxygen atoms in total. The molecule has 0 aliphatic rings. The molecule has 0 spiro atoms. The van der Waals surface area contributed by atoms with Crippen LogP contribution in [0.3, 0.4) is 0 Å². The van der Waals surface area contributed by atoms with E-state index in [9.17, 15) is 0 Å². The zero-order valence-electron chi connectivity index (χ0n) is 44.8. The zero-order valence-corrected chi connectivity index (χ0v) is 47.1. The molecule has 0 radical (unpaired) electrons. The molecule has 3 N–H and O–H groups in total. The van der Waals surface area contributed by atoms with E-state index in [-0.39, 0.29) is 0 Å². The molecular formula is C70H55Cl3N8O2. The number of nitrogens with one attached hydrogen (secondary N) is 1. The number of nitrogen functional groups attached to an aromatic ring is 1. The Morgan fingerprint density at radius 2 is 0.795 bits per heavy atom. The highest BCUT2D eigenvalue weighted by Crippen LogP contribution is 2.41. The number of pyridine rings is 4. The van der Waals surface area contributed by atoms with Crippen molar-refractivity contribution in [3.05, 3.63) is 318 Å². The van der Waals surface area contributed by atoms with Crippen molar-refractivity contribution in [2.24, 2.45) is 0 Å². The van der Waals surface area contributed by atoms with Crippen LogP contribution in [0.4, 0.5) is 39.8 Å². The molecule has 4 heterocycles. The Balaban J connectivity index is 0.000000157. The highest BCUT2D eigenvalue weighted by atomic mass is 35.5. The minimum atomic E-state index is 0.544. The SMILES string of the molecule is Clc1c(Nc2ccc(Oc3ccccn3)cc2)cccc1N(Cc1ccccc1)c1ccc(-c2ccccn2)cc1.Clc1cccc(N(Cc2ccccc2)c2ccc(-c3ccccn3)cc2)c1Cl.Nc1ccc(Oc2ccccn2)cc1. The molecule has 12 aromatic rings. The first-order valence-electron chi connectivity index (χ1n) is 26.6. The summed E-state index contributed by atoms with van der Waals surface area (Å²) in [5.74, 6) is 2.57. The number of anilines is 7. The van der Waals surface area contributed by atoms with Gasteiger partial charge in [0.1, 0.15) is 11.5 Å². The molecule has 83 heavy (non-hydrogen) atoms. The lowest BCUT2D eigenvalue weighted by Crippen LogP contribution is -2.17. The smallest absolute Gasteiger partial charge is 0.219 e. The fourth-order valence-corrected chi connectivity index (χ4v) is 9.41. The van der Waals surface area contributed by atoms with Crippen molar-refractivity contribution in [3.8, 4) is 45.8 Å². The lowest BCUT2D eigenvalue weighted by atomic mass is 10.1. The van der Waals surface area contributed by atoms with Crippen LogP contribution < -0.4 is 30.3 Å². The third-order valence-corrected chi connectivity index (χ3v) is 14.1. The summed E-state index contributed by atoms with van der Waals surface area (Å²) in [6, 6.07) is 87.1. The monoisotopic (exact) mass is 1140 g/mol. The van der Waals surface area contributed by atoms with Crippen molar-refractivity contribution < 1.29 is 9.47 Å². The number of hydrogen-bond acceptors (Lipinski definition) is 10. The second kappa shape index (κ2) is 28.4. The Hall–Kier alpha value is -9.97. The van der Waals surface area contributed by atoms with Crippen molar-refractivity contribution in [2.75, 3.05) is 20.9 Å². The van der Waals surface area contributed by atoms with Crippen molar-refractivity contribution in [2.45, 2.75) is 13.1 Å². The normalized spacial score (nSPS) is 10.5. The summed E-state index contributed by atoms with van der Waals surface area (Å²) in [6.45, 7) is 1.34. The number of rotatable bonds is 16. The minimum absolute atomic E-state index is 0.544. The highest BCUT2D eigenvalue weighted by Gasteiger charge is 2.18. The first-order chi connectivity index (χ1) is 40.8. The van der Waals surface area contributed by atoms with Gasteiger partial charge in [0.25, 0.3) is 0 Å². The molecule has 0 aliphatic heterocycles. The molecule has 8 aromatic carbocycles. The molecule has 12 rings (SSSR count). The standard InChI is InChI=1S/C35H27ClN4O.C24H18Cl2N2.C11H10N2O/c36-35-32(39-28-17-21-30(22-18-28)41-34-14-5-7-24-38-34)12-8-13-33(35)40(25-26-9-2-1-3-10-26)29-19-15-27(16-20-29)31-11-4-6-23-37-31;25-21-9-6-11-23(24(21)26)28(17-18-7-2-1-3-8-18)20-14-12-19(13-15-20)22-10-4-5-16-27-22;12-9-4-6-10(7-5-9)14-11-3-1-2-8-13-11/h1-24,39H,25H2;1-16H,17H2;1-8H,12H2. The number of hydrogen-bond donors (Lipinski definition) is 2. The molecule has 13 heteroatoms. The Morgan fingerprint density at radius 1 is 0.373 bits per heavy atom. The lowest BCUT2D eigenvalue weighted by molar-refractivity contribution is 0.463. The number of aromatic nitrogens is 4. The lowest BCUT2D eigenvalue weighted by Gasteiger charge is -2.27. The van der Waals surface area contributed by atoms with E-state index >= 15 is 0 Å². The molecule has 0 unspecified atom stereocenters. The molecule has 0 saturated carbocycles. The van der Waals surface area contributed by atoms with Crippen LogP contribution in [-0.2, 0) is 13.1 Å². The van der Waals surface area contributed by atoms with E-state index in [0.717, 1.165) is 68.1 Å². The summed E-state index contributed by atoms with van der Waals surface area (Å²) in [6.07, 6.45) is 7.00. The molecule has 0 amide bonds. The van der Waals surface area contributed by atoms with Crippen LogP contribution in [0.1, 0.15) is 11.1 Å². The van der Waals surface area contributed by atoms with Gasteiger partial charge in [-0.3, -0.25) is 9.97 Å². The van der Waals surface area contributed by atoms with E-state index in [1.165, 1.54) is 11.1 Å². The predicted molar refractivity (Wildman–Crippen MR) is 341 cm³/mol. The summed E-state index contributed by atoms with van der Waals surface area (Å²) < 4.78 is 11.3. The van der Waals surface area contributed by atoms with Crippen LogP contribution in [0.2, 0.25) is 15.1 Å². The summed E-state index contributed by atoms with van der Waals surface area (Å²) in [7, 11) is 0. The molecule has 408 valence electrons. The fourth-order valence-electron chi connectivity index (χ4n) is 8.73. The molecule has 0 aliphatic carbocycles. The van der Waals surface area contributed by atoms with E-state index in [1.807, 2.05) is 164 Å². The average Bonchev–Trinajstić information content (AvgIpc) is 3.69. The Morgan fingerprint density at radius 3 is 1.24 bits per heavy atom. The van der Waals surface area contributed by atoms with Gasteiger partial charge in [-0.1, -0.05) is 156 Å². The number of nitrogens with zero attached hydrogens (tertiary/aromatic N) is 6. The quantitative estimate of drug-likeness (QED) is 0.0907. The van der Waals surface area contributed by atoms with Gasteiger partial charge in [-0.05, 0) is 145 Å². The van der Waals surface area contributed by atoms with Crippen molar-refractivity contribution in [3.63, 3.8) is 0 Å². The van der Waals surface area contributed by atoms with E-state index in [4.69, 9.17) is 50.0 Å². The van der Waals surface area contributed by atoms with Crippen LogP contribution >= 0.6 is 34.8 Å². The fraction of sp³-hybridized carbons (Fsp3) is 0.0286. The second-order valence-corrected chi connectivity index (χ2v) is 19.8. The van der Waals surface area contributed by atoms with Gasteiger partial charge in [0.15, 0.2) is 0 Å². The van der Waals surface area contributed by atoms with Crippen LogP contribution in [0.5, 0.6) is 23.3 Å². The van der Waals surface area contributed by atoms with Gasteiger partial charge in [-0.25, -0.2) is 9.97 Å². The van der Waals surface area contributed by atoms with Crippen molar-refractivity contribution in [1.82, 2.24) is 19.9 Å². The van der Waals surface area contributed by atoms with Gasteiger partial charge in [0, 0.05) is 83.9 Å². The summed E-state index contributed by atoms with van der Waals surface area (Å²) in [5, 5.41) is 5.19.